The second-order valence-corrected chi connectivity index (χ2v) is 2.18. The average molecular weight is 155 g/mol. The van der Waals surface area contributed by atoms with Crippen LogP contribution in [0.4, 0.5) is 0 Å². The van der Waals surface area contributed by atoms with Crippen LogP contribution in [0, 0.1) is 0 Å². The maximum absolute atomic E-state index is 5.65. The zero-order valence-electron chi connectivity index (χ0n) is 4.87. The summed E-state index contributed by atoms with van der Waals surface area (Å²) in [7, 11) is 0. The van der Waals surface area contributed by atoms with E-state index in [4.69, 9.17) is 11.6 Å². The molecule has 0 bridgehead atoms. The average Bonchev–Trinajstić information content (AvgIpc) is 2.36. The molecule has 0 atom stereocenters. The Kier molecular flexibility index (Phi) is 1.07. The van der Waals surface area contributed by atoms with Crippen LogP contribution in [-0.4, -0.2) is 20.4 Å². The van der Waals surface area contributed by atoms with Crippen LogP contribution in [0.2, 0.25) is 5.15 Å². The van der Waals surface area contributed by atoms with Gasteiger partial charge in [0, 0.05) is 6.20 Å². The van der Waals surface area contributed by atoms with E-state index < -0.39 is 0 Å². The molecule has 0 fully saturated rings. The van der Waals surface area contributed by atoms with E-state index in [2.05, 4.69) is 20.4 Å². The van der Waals surface area contributed by atoms with Crippen LogP contribution in [0.1, 0.15) is 0 Å². The molecule has 0 unspecified atom stereocenters. The third-order valence-corrected chi connectivity index (χ3v) is 1.48. The van der Waals surface area contributed by atoms with Gasteiger partial charge in [-0.15, -0.1) is 10.2 Å². The Bertz CT molecular complexity index is 355. The molecule has 0 aliphatic heterocycles. The number of fused-ring (bicyclic) bond motifs is 1. The van der Waals surface area contributed by atoms with Gasteiger partial charge < -0.3 is 4.98 Å². The van der Waals surface area contributed by atoms with Crippen molar-refractivity contribution in [1.29, 1.82) is 0 Å². The number of nitrogens with zero attached hydrogens (tertiary/aromatic N) is 3. The predicted molar refractivity (Wildman–Crippen MR) is 36.7 cm³/mol. The fraction of sp³-hybridized carbons (Fsp3) is 0. The van der Waals surface area contributed by atoms with Crippen LogP contribution < -0.4 is 0 Å². The highest BCUT2D eigenvalue weighted by molar-refractivity contribution is 6.33. The van der Waals surface area contributed by atoms with Gasteiger partial charge in [-0.3, -0.25) is 0 Å². The van der Waals surface area contributed by atoms with Gasteiger partial charge in [-0.2, -0.15) is 0 Å². The molecule has 5 heteroatoms. The highest BCUT2D eigenvalue weighted by Crippen LogP contribution is 2.14. The number of nitrogens with one attached hydrogen (secondary N) is 1. The molecule has 2 aromatic heterocycles. The molecule has 0 aromatic carbocycles. The Hall–Kier alpha value is -1.16. The lowest BCUT2D eigenvalue weighted by atomic mass is 10.5. The summed E-state index contributed by atoms with van der Waals surface area (Å²) in [6.07, 6.45) is 1.74. The van der Waals surface area contributed by atoms with Crippen LogP contribution in [0.15, 0.2) is 12.3 Å². The largest absolute Gasteiger partial charge is 0.357 e. The topological polar surface area (TPSA) is 54.5 Å². The molecule has 0 radical (unpaired) electrons. The van der Waals surface area contributed by atoms with Gasteiger partial charge in [0.2, 0.25) is 0 Å². The van der Waals surface area contributed by atoms with Gasteiger partial charge in [0.05, 0.1) is 0 Å². The Labute approximate surface area is 61.2 Å². The molecular weight excluding hydrogens is 152 g/mol. The quantitative estimate of drug-likeness (QED) is 0.616. The van der Waals surface area contributed by atoms with Crippen LogP contribution in [0.25, 0.3) is 11.0 Å². The number of hydrogen-bond acceptors (Lipinski definition) is 3. The van der Waals surface area contributed by atoms with Gasteiger partial charge in [0.25, 0.3) is 0 Å². The van der Waals surface area contributed by atoms with Crippen molar-refractivity contribution in [2.45, 2.75) is 0 Å². The van der Waals surface area contributed by atoms with Gasteiger partial charge in [0.15, 0.2) is 5.15 Å². The van der Waals surface area contributed by atoms with E-state index in [0.717, 1.165) is 11.0 Å². The number of aromatic nitrogens is 4. The van der Waals surface area contributed by atoms with Crippen molar-refractivity contribution in [2.24, 2.45) is 0 Å². The van der Waals surface area contributed by atoms with E-state index in [9.17, 15) is 0 Å². The number of H-pyrrole nitrogens is 1. The summed E-state index contributed by atoms with van der Waals surface area (Å²) < 4.78 is 0. The van der Waals surface area contributed by atoms with Gasteiger partial charge in [-0.05, 0) is 11.3 Å². The molecule has 0 amide bonds. The summed E-state index contributed by atoms with van der Waals surface area (Å²) >= 11 is 5.65. The van der Waals surface area contributed by atoms with Crippen LogP contribution in [0.5, 0.6) is 0 Å². The molecule has 4 nitrogen and oxygen atoms in total. The van der Waals surface area contributed by atoms with Gasteiger partial charge in [-0.25, -0.2) is 0 Å². The van der Waals surface area contributed by atoms with Crippen molar-refractivity contribution in [3.05, 3.63) is 17.4 Å². The first-order chi connectivity index (χ1) is 4.88. The lowest BCUT2D eigenvalue weighted by molar-refractivity contribution is 0.895. The van der Waals surface area contributed by atoms with Crippen molar-refractivity contribution in [1.82, 2.24) is 20.4 Å². The first-order valence-corrected chi connectivity index (χ1v) is 3.07. The second kappa shape index (κ2) is 1.91. The van der Waals surface area contributed by atoms with Crippen LogP contribution >= 0.6 is 11.6 Å². The van der Waals surface area contributed by atoms with E-state index in [-0.39, 0.29) is 0 Å². The minimum absolute atomic E-state index is 0.356. The molecule has 0 saturated heterocycles. The van der Waals surface area contributed by atoms with Gasteiger partial charge in [0.1, 0.15) is 11.0 Å². The fourth-order valence-corrected chi connectivity index (χ4v) is 0.955. The molecule has 2 aromatic rings. The summed E-state index contributed by atoms with van der Waals surface area (Å²) in [5, 5.41) is 11.1. The van der Waals surface area contributed by atoms with Gasteiger partial charge >= 0.3 is 0 Å². The van der Waals surface area contributed by atoms with E-state index in [0.29, 0.717) is 5.15 Å². The molecule has 1 N–H and O–H groups in total. The van der Waals surface area contributed by atoms with E-state index in [1.807, 2.05) is 0 Å². The first-order valence-electron chi connectivity index (χ1n) is 2.70. The van der Waals surface area contributed by atoms with Crippen molar-refractivity contribution >= 4 is 22.6 Å². The smallest absolute Gasteiger partial charge is 0.179 e. The van der Waals surface area contributed by atoms with E-state index in [1.54, 1.807) is 12.3 Å². The minimum atomic E-state index is 0.356. The fourth-order valence-electron chi connectivity index (χ4n) is 0.770. The third kappa shape index (κ3) is 0.657. The summed E-state index contributed by atoms with van der Waals surface area (Å²) in [4.78, 5) is 2.89. The van der Waals surface area contributed by atoms with Crippen molar-refractivity contribution < 1.29 is 0 Å². The molecule has 0 saturated carbocycles. The number of halogens is 1. The normalized spacial score (nSPS) is 10.5. The maximum atomic E-state index is 5.65. The lowest BCUT2D eigenvalue weighted by Gasteiger charge is -1.86. The highest BCUT2D eigenvalue weighted by Gasteiger charge is 2.00. The number of rotatable bonds is 0. The molecule has 50 valence electrons. The summed E-state index contributed by atoms with van der Waals surface area (Å²) in [6, 6.07) is 1.79. The van der Waals surface area contributed by atoms with Crippen molar-refractivity contribution in [2.75, 3.05) is 0 Å². The lowest BCUT2D eigenvalue weighted by Crippen LogP contribution is -1.86. The first kappa shape index (κ1) is 5.61. The van der Waals surface area contributed by atoms with E-state index >= 15 is 0 Å². The Morgan fingerprint density at radius 2 is 2.30 bits per heavy atom. The minimum Gasteiger partial charge on any atom is -0.357 e. The van der Waals surface area contributed by atoms with Crippen LogP contribution in [-0.2, 0) is 0 Å². The monoisotopic (exact) mass is 154 g/mol. The standard InChI is InChI=1S/C5H3ClN4/c6-5-4-3(1-2-7-4)8-10-9-5/h1-2,7H. The molecule has 0 aliphatic carbocycles. The predicted octanol–water partition coefficient (Wildman–Crippen LogP) is 1.01. The summed E-state index contributed by atoms with van der Waals surface area (Å²) in [5.74, 6) is 0. The molecule has 2 heterocycles. The third-order valence-electron chi connectivity index (χ3n) is 1.22. The molecule has 2 rings (SSSR count). The summed E-state index contributed by atoms with van der Waals surface area (Å²) in [5.41, 5.74) is 1.47. The Morgan fingerprint density at radius 3 is 3.10 bits per heavy atom. The molecular formula is C5H3ClN4. The maximum Gasteiger partial charge on any atom is 0.179 e. The van der Waals surface area contributed by atoms with Crippen molar-refractivity contribution in [3.8, 4) is 0 Å². The van der Waals surface area contributed by atoms with E-state index in [1.165, 1.54) is 0 Å². The number of aromatic amines is 1. The zero-order chi connectivity index (χ0) is 6.97. The number of hydrogen-bond donors (Lipinski definition) is 1. The molecule has 0 spiro atoms. The molecule has 0 aliphatic rings. The SMILES string of the molecule is Clc1nnnc2cc[nH]c12. The van der Waals surface area contributed by atoms with Crippen LogP contribution in [0.3, 0.4) is 0 Å². The summed E-state index contributed by atoms with van der Waals surface area (Å²) in [6.45, 7) is 0. The Morgan fingerprint density at radius 1 is 1.40 bits per heavy atom. The van der Waals surface area contributed by atoms with Crippen molar-refractivity contribution in [3.63, 3.8) is 0 Å². The van der Waals surface area contributed by atoms with Gasteiger partial charge in [-0.1, -0.05) is 11.6 Å². The second-order valence-electron chi connectivity index (χ2n) is 1.82. The highest BCUT2D eigenvalue weighted by atomic mass is 35.5. The molecule has 10 heavy (non-hydrogen) atoms. The zero-order valence-corrected chi connectivity index (χ0v) is 5.63. The Balaban J connectivity index is 2.95.